The number of sulfonamides is 1. The molecular weight excluding hydrogens is 366 g/mol. The van der Waals surface area contributed by atoms with E-state index in [-0.39, 0.29) is 12.5 Å². The van der Waals surface area contributed by atoms with Gasteiger partial charge in [-0.1, -0.05) is 26.7 Å². The molecule has 9 heteroatoms. The summed E-state index contributed by atoms with van der Waals surface area (Å²) < 4.78 is 27.3. The van der Waals surface area contributed by atoms with Crippen LogP contribution in [0.2, 0.25) is 0 Å². The van der Waals surface area contributed by atoms with E-state index in [9.17, 15) is 13.2 Å². The molecule has 27 heavy (non-hydrogen) atoms. The van der Waals surface area contributed by atoms with Crippen LogP contribution in [-0.4, -0.2) is 81.7 Å². The van der Waals surface area contributed by atoms with Crippen molar-refractivity contribution in [2.24, 2.45) is 10.9 Å². The van der Waals surface area contributed by atoms with Crippen molar-refractivity contribution in [2.75, 3.05) is 40.3 Å². The molecule has 0 aromatic rings. The number of hydrogen-bond acceptors (Lipinski definition) is 4. The SMILES string of the molecule is CCNS(=O)(=O)C1CCN(C(=NCC(=O)N(C)C)NC2CCCCC2C)C1. The topological polar surface area (TPSA) is 94.1 Å². The number of carbonyl (C=O) groups is 1. The summed E-state index contributed by atoms with van der Waals surface area (Å²) >= 11 is 0. The summed E-state index contributed by atoms with van der Waals surface area (Å²) in [6.07, 6.45) is 5.26. The molecule has 3 atom stereocenters. The number of rotatable bonds is 6. The van der Waals surface area contributed by atoms with Crippen LogP contribution in [0, 0.1) is 5.92 Å². The second-order valence-corrected chi connectivity index (χ2v) is 9.89. The highest BCUT2D eigenvalue weighted by Gasteiger charge is 2.35. The van der Waals surface area contributed by atoms with Gasteiger partial charge in [-0.05, 0) is 25.2 Å². The first-order valence-corrected chi connectivity index (χ1v) is 11.5. The maximum Gasteiger partial charge on any atom is 0.243 e. The van der Waals surface area contributed by atoms with Crippen molar-refractivity contribution in [3.63, 3.8) is 0 Å². The molecule has 2 N–H and O–H groups in total. The Morgan fingerprint density at radius 1 is 1.22 bits per heavy atom. The number of guanidine groups is 1. The van der Waals surface area contributed by atoms with Crippen LogP contribution in [-0.2, 0) is 14.8 Å². The monoisotopic (exact) mass is 401 g/mol. The van der Waals surface area contributed by atoms with Gasteiger partial charge in [-0.25, -0.2) is 18.1 Å². The molecule has 0 spiro atoms. The molecule has 0 radical (unpaired) electrons. The van der Waals surface area contributed by atoms with Gasteiger partial charge >= 0.3 is 0 Å². The highest BCUT2D eigenvalue weighted by atomic mass is 32.2. The number of likely N-dealkylation sites (N-methyl/N-ethyl adjacent to an activating group) is 1. The minimum absolute atomic E-state index is 0.0670. The first-order valence-electron chi connectivity index (χ1n) is 9.99. The number of likely N-dealkylation sites (tertiary alicyclic amines) is 1. The van der Waals surface area contributed by atoms with E-state index in [1.807, 2.05) is 4.90 Å². The summed E-state index contributed by atoms with van der Waals surface area (Å²) in [4.78, 5) is 20.0. The molecule has 1 heterocycles. The summed E-state index contributed by atoms with van der Waals surface area (Å²) in [5, 5.41) is 3.09. The molecule has 1 aliphatic carbocycles. The molecule has 0 aromatic heterocycles. The summed E-state index contributed by atoms with van der Waals surface area (Å²) in [6.45, 7) is 5.52. The van der Waals surface area contributed by atoms with E-state index in [0.717, 1.165) is 6.42 Å². The van der Waals surface area contributed by atoms with Gasteiger partial charge < -0.3 is 15.1 Å². The third kappa shape index (κ3) is 6.07. The fraction of sp³-hybridized carbons (Fsp3) is 0.889. The molecule has 0 bridgehead atoms. The van der Waals surface area contributed by atoms with Crippen molar-refractivity contribution in [2.45, 2.75) is 57.2 Å². The number of aliphatic imine (C=N–C) groups is 1. The van der Waals surface area contributed by atoms with Gasteiger partial charge in [0.2, 0.25) is 15.9 Å². The third-order valence-corrected chi connectivity index (χ3v) is 7.47. The van der Waals surface area contributed by atoms with Gasteiger partial charge in [0.05, 0.1) is 5.25 Å². The van der Waals surface area contributed by atoms with Crippen molar-refractivity contribution in [3.05, 3.63) is 0 Å². The van der Waals surface area contributed by atoms with Gasteiger partial charge in [0, 0.05) is 39.8 Å². The van der Waals surface area contributed by atoms with Crippen LogP contribution in [0.15, 0.2) is 4.99 Å². The van der Waals surface area contributed by atoms with Crippen molar-refractivity contribution >= 4 is 21.9 Å². The number of carbonyl (C=O) groups excluding carboxylic acids is 1. The first-order chi connectivity index (χ1) is 12.7. The zero-order valence-corrected chi connectivity index (χ0v) is 17.9. The lowest BCUT2D eigenvalue weighted by molar-refractivity contribution is -0.127. The molecule has 156 valence electrons. The summed E-state index contributed by atoms with van der Waals surface area (Å²) in [6, 6.07) is 0.316. The van der Waals surface area contributed by atoms with Crippen molar-refractivity contribution in [1.29, 1.82) is 0 Å². The zero-order chi connectivity index (χ0) is 20.0. The molecule has 1 saturated heterocycles. The quantitative estimate of drug-likeness (QED) is 0.502. The predicted molar refractivity (Wildman–Crippen MR) is 108 cm³/mol. The molecule has 3 unspecified atom stereocenters. The Kier molecular flexibility index (Phi) is 7.91. The van der Waals surface area contributed by atoms with E-state index < -0.39 is 15.3 Å². The molecule has 8 nitrogen and oxygen atoms in total. The number of hydrogen-bond donors (Lipinski definition) is 2. The van der Waals surface area contributed by atoms with Crippen molar-refractivity contribution < 1.29 is 13.2 Å². The summed E-state index contributed by atoms with van der Waals surface area (Å²) in [5.74, 6) is 1.14. The van der Waals surface area contributed by atoms with Crippen LogP contribution in [0.3, 0.4) is 0 Å². The van der Waals surface area contributed by atoms with E-state index >= 15 is 0 Å². The predicted octanol–water partition coefficient (Wildman–Crippen LogP) is 0.613. The minimum atomic E-state index is -3.31. The third-order valence-electron chi connectivity index (χ3n) is 5.52. The van der Waals surface area contributed by atoms with E-state index in [0.29, 0.717) is 44.0 Å². The van der Waals surface area contributed by atoms with Gasteiger partial charge in [0.25, 0.3) is 0 Å². The average Bonchev–Trinajstić information content (AvgIpc) is 3.10. The van der Waals surface area contributed by atoms with E-state index in [1.54, 1.807) is 21.0 Å². The largest absolute Gasteiger partial charge is 0.353 e. The molecule has 1 amide bonds. The van der Waals surface area contributed by atoms with Crippen LogP contribution in [0.25, 0.3) is 0 Å². The minimum Gasteiger partial charge on any atom is -0.353 e. The van der Waals surface area contributed by atoms with E-state index in [1.165, 1.54) is 24.2 Å². The van der Waals surface area contributed by atoms with Crippen molar-refractivity contribution in [1.82, 2.24) is 19.8 Å². The maximum absolute atomic E-state index is 12.3. The first kappa shape index (κ1) is 21.9. The number of nitrogens with zero attached hydrogens (tertiary/aromatic N) is 3. The Morgan fingerprint density at radius 3 is 2.56 bits per heavy atom. The highest BCUT2D eigenvalue weighted by Crippen LogP contribution is 2.24. The number of amides is 1. The van der Waals surface area contributed by atoms with Gasteiger partial charge in [-0.2, -0.15) is 0 Å². The van der Waals surface area contributed by atoms with Crippen molar-refractivity contribution in [3.8, 4) is 0 Å². The van der Waals surface area contributed by atoms with Gasteiger partial charge in [-0.3, -0.25) is 4.79 Å². The van der Waals surface area contributed by atoms with Crippen LogP contribution in [0.4, 0.5) is 0 Å². The second-order valence-electron chi connectivity index (χ2n) is 7.84. The Morgan fingerprint density at radius 2 is 1.93 bits per heavy atom. The molecule has 2 rings (SSSR count). The molecule has 1 aliphatic heterocycles. The van der Waals surface area contributed by atoms with E-state index in [4.69, 9.17) is 0 Å². The maximum atomic E-state index is 12.3. The Balaban J connectivity index is 2.12. The smallest absolute Gasteiger partial charge is 0.243 e. The van der Waals surface area contributed by atoms with Crippen LogP contribution in [0.1, 0.15) is 46.0 Å². The highest BCUT2D eigenvalue weighted by molar-refractivity contribution is 7.90. The second kappa shape index (κ2) is 9.73. The fourth-order valence-electron chi connectivity index (χ4n) is 3.71. The lowest BCUT2D eigenvalue weighted by atomic mass is 9.86. The fourth-order valence-corrected chi connectivity index (χ4v) is 5.14. The number of nitrogens with one attached hydrogen (secondary N) is 2. The average molecular weight is 402 g/mol. The molecule has 0 aromatic carbocycles. The van der Waals surface area contributed by atoms with E-state index in [2.05, 4.69) is 22.0 Å². The standard InChI is InChI=1S/C18H35N5O3S/c1-5-20-27(25,26)15-10-11-23(13-15)18(19-12-17(24)22(3)4)21-16-9-7-6-8-14(16)2/h14-16,20H,5-13H2,1-4H3,(H,19,21). The van der Waals surface area contributed by atoms with Crippen LogP contribution < -0.4 is 10.0 Å². The van der Waals surface area contributed by atoms with Gasteiger partial charge in [0.1, 0.15) is 6.54 Å². The normalized spacial score (nSPS) is 26.9. The Labute approximate surface area is 163 Å². The molecule has 2 aliphatic rings. The summed E-state index contributed by atoms with van der Waals surface area (Å²) in [7, 11) is 0.108. The van der Waals surface area contributed by atoms with Crippen LogP contribution in [0.5, 0.6) is 0 Å². The molecular formula is C18H35N5O3S. The molecule has 2 fully saturated rings. The lowest BCUT2D eigenvalue weighted by Crippen LogP contribution is -2.49. The van der Waals surface area contributed by atoms with Crippen LogP contribution >= 0.6 is 0 Å². The summed E-state index contributed by atoms with van der Waals surface area (Å²) in [5.41, 5.74) is 0. The molecule has 1 saturated carbocycles. The van der Waals surface area contributed by atoms with Gasteiger partial charge in [-0.15, -0.1) is 0 Å². The Bertz CT molecular complexity index is 635. The lowest BCUT2D eigenvalue weighted by Gasteiger charge is -2.33. The zero-order valence-electron chi connectivity index (χ0n) is 17.1. The Hall–Kier alpha value is -1.35. The van der Waals surface area contributed by atoms with Gasteiger partial charge in [0.15, 0.2) is 5.96 Å².